The number of para-hydroxylation sites is 3. The molecule has 0 aliphatic carbocycles. The van der Waals surface area contributed by atoms with Crippen molar-refractivity contribution in [3.8, 4) is 28.7 Å². The van der Waals surface area contributed by atoms with Gasteiger partial charge < -0.3 is 14.0 Å². The molecule has 3 nitrogen and oxygen atoms in total. The van der Waals surface area contributed by atoms with Crippen molar-refractivity contribution >= 4 is 34.0 Å². The summed E-state index contributed by atoms with van der Waals surface area (Å²) in [5.74, 6) is 3.54. The Kier molecular flexibility index (Phi) is 3.08. The van der Waals surface area contributed by atoms with Crippen LogP contribution in [-0.2, 0) is 0 Å². The van der Waals surface area contributed by atoms with E-state index in [1.165, 1.54) is 16.3 Å². The van der Waals surface area contributed by atoms with Crippen molar-refractivity contribution in [2.45, 2.75) is 0 Å². The molecule has 0 saturated carbocycles. The lowest BCUT2D eigenvalue weighted by Gasteiger charge is -2.33. The average Bonchev–Trinajstić information content (AvgIpc) is 3.23. The lowest BCUT2D eigenvalue weighted by atomic mass is 9.35. The SMILES string of the molecule is c1ccc2c(c1)Oc1cc(-n3ccc4ccccc43)cc3c1B2c1ccccc1O3. The molecule has 30 heavy (non-hydrogen) atoms. The van der Waals surface area contributed by atoms with Crippen LogP contribution >= 0.6 is 0 Å². The molecule has 4 aromatic carbocycles. The second-order valence-electron chi connectivity index (χ2n) is 7.81. The Morgan fingerprint density at radius 3 is 1.90 bits per heavy atom. The number of rotatable bonds is 1. The third-order valence-corrected chi connectivity index (χ3v) is 6.16. The number of fused-ring (bicyclic) bond motifs is 5. The van der Waals surface area contributed by atoms with Crippen LogP contribution in [0.25, 0.3) is 16.6 Å². The lowest BCUT2D eigenvalue weighted by Crippen LogP contribution is -2.57. The highest BCUT2D eigenvalue weighted by Gasteiger charge is 2.40. The first-order chi connectivity index (χ1) is 14.9. The third kappa shape index (κ3) is 2.11. The van der Waals surface area contributed by atoms with Crippen LogP contribution in [0.15, 0.2) is 97.2 Å². The molecule has 5 aromatic rings. The molecule has 1 aromatic heterocycles. The van der Waals surface area contributed by atoms with Gasteiger partial charge in [0.2, 0.25) is 0 Å². The van der Waals surface area contributed by atoms with E-state index in [0.29, 0.717) is 0 Å². The maximum atomic E-state index is 6.40. The Balaban J connectivity index is 1.51. The Morgan fingerprint density at radius 1 is 0.600 bits per heavy atom. The summed E-state index contributed by atoms with van der Waals surface area (Å²) in [5, 5.41) is 1.21. The molecule has 3 heterocycles. The van der Waals surface area contributed by atoms with Gasteiger partial charge in [0.15, 0.2) is 0 Å². The summed E-state index contributed by atoms with van der Waals surface area (Å²) in [5.41, 5.74) is 5.66. The smallest absolute Gasteiger partial charge is 0.260 e. The highest BCUT2D eigenvalue weighted by molar-refractivity contribution is 6.98. The van der Waals surface area contributed by atoms with Gasteiger partial charge in [-0.25, -0.2) is 0 Å². The van der Waals surface area contributed by atoms with E-state index in [9.17, 15) is 0 Å². The zero-order valence-corrected chi connectivity index (χ0v) is 16.1. The van der Waals surface area contributed by atoms with Gasteiger partial charge in [-0.05, 0) is 40.6 Å². The Morgan fingerprint density at radius 2 is 1.20 bits per heavy atom. The molecule has 0 unspecified atom stereocenters. The van der Waals surface area contributed by atoms with Crippen LogP contribution in [0.2, 0.25) is 0 Å². The van der Waals surface area contributed by atoms with Crippen molar-refractivity contribution in [1.29, 1.82) is 0 Å². The molecular weight excluding hydrogens is 369 g/mol. The van der Waals surface area contributed by atoms with E-state index in [1.54, 1.807) is 0 Å². The molecule has 0 atom stereocenters. The molecule has 2 aliphatic heterocycles. The summed E-state index contributed by atoms with van der Waals surface area (Å²) in [6, 6.07) is 31.4. The van der Waals surface area contributed by atoms with Crippen molar-refractivity contribution in [2.75, 3.05) is 0 Å². The van der Waals surface area contributed by atoms with Crippen molar-refractivity contribution in [1.82, 2.24) is 4.57 Å². The van der Waals surface area contributed by atoms with Crippen LogP contribution in [0.5, 0.6) is 23.0 Å². The van der Waals surface area contributed by atoms with Gasteiger partial charge in [0, 0.05) is 23.8 Å². The predicted octanol–water partition coefficient (Wildman–Crippen LogP) is 4.36. The number of hydrogen-bond acceptors (Lipinski definition) is 2. The average molecular weight is 385 g/mol. The van der Waals surface area contributed by atoms with Crippen molar-refractivity contribution in [2.24, 2.45) is 0 Å². The molecule has 140 valence electrons. The highest BCUT2D eigenvalue weighted by Crippen LogP contribution is 2.36. The number of benzene rings is 4. The summed E-state index contributed by atoms with van der Waals surface area (Å²) in [4.78, 5) is 0. The molecule has 0 saturated heterocycles. The number of hydrogen-bond donors (Lipinski definition) is 0. The summed E-state index contributed by atoms with van der Waals surface area (Å²) in [6.07, 6.45) is 2.10. The topological polar surface area (TPSA) is 23.4 Å². The fourth-order valence-corrected chi connectivity index (χ4v) is 4.83. The van der Waals surface area contributed by atoms with Crippen LogP contribution in [0, 0.1) is 0 Å². The quantitative estimate of drug-likeness (QED) is 0.392. The molecule has 0 radical (unpaired) electrons. The normalized spacial score (nSPS) is 13.1. The second-order valence-corrected chi connectivity index (χ2v) is 7.81. The first kappa shape index (κ1) is 15.9. The summed E-state index contributed by atoms with van der Waals surface area (Å²) in [7, 11) is 0. The largest absolute Gasteiger partial charge is 0.458 e. The standard InChI is InChI=1S/C26H16BNO2/c1-4-10-21-17(7-1)13-14-28(21)18-15-24-26-25(16-18)30-23-12-6-3-9-20(23)27(26)19-8-2-5-11-22(19)29-24/h1-16H. The van der Waals surface area contributed by atoms with Crippen molar-refractivity contribution in [3.05, 3.63) is 97.2 Å². The van der Waals surface area contributed by atoms with E-state index in [4.69, 9.17) is 9.47 Å². The van der Waals surface area contributed by atoms with Crippen LogP contribution < -0.4 is 25.9 Å². The summed E-state index contributed by atoms with van der Waals surface area (Å²) >= 11 is 0. The van der Waals surface area contributed by atoms with Crippen molar-refractivity contribution < 1.29 is 9.47 Å². The minimum Gasteiger partial charge on any atom is -0.458 e. The number of aromatic nitrogens is 1. The number of ether oxygens (including phenoxy) is 2. The molecule has 7 rings (SSSR count). The van der Waals surface area contributed by atoms with E-state index >= 15 is 0 Å². The van der Waals surface area contributed by atoms with E-state index in [1.807, 2.05) is 24.3 Å². The first-order valence-corrected chi connectivity index (χ1v) is 10.1. The van der Waals surface area contributed by atoms with Crippen LogP contribution in [0.1, 0.15) is 0 Å². The Bertz CT molecular complexity index is 1400. The second kappa shape index (κ2) is 5.80. The lowest BCUT2D eigenvalue weighted by molar-refractivity contribution is 0.464. The zero-order chi connectivity index (χ0) is 19.7. The van der Waals surface area contributed by atoms with Crippen LogP contribution in [0.4, 0.5) is 0 Å². The molecule has 0 bridgehead atoms. The van der Waals surface area contributed by atoms with Gasteiger partial charge in [-0.1, -0.05) is 54.6 Å². The third-order valence-electron chi connectivity index (χ3n) is 6.16. The maximum Gasteiger partial charge on any atom is 0.260 e. The van der Waals surface area contributed by atoms with E-state index in [0.717, 1.165) is 39.7 Å². The summed E-state index contributed by atoms with van der Waals surface area (Å²) in [6.45, 7) is 0.111. The van der Waals surface area contributed by atoms with E-state index in [-0.39, 0.29) is 6.71 Å². The minimum atomic E-state index is 0.111. The van der Waals surface area contributed by atoms with Gasteiger partial charge in [0.25, 0.3) is 6.71 Å². The minimum absolute atomic E-state index is 0.111. The maximum absolute atomic E-state index is 6.40. The molecule has 4 heteroatoms. The van der Waals surface area contributed by atoms with Crippen LogP contribution in [0.3, 0.4) is 0 Å². The molecule has 0 N–H and O–H groups in total. The predicted molar refractivity (Wildman–Crippen MR) is 121 cm³/mol. The van der Waals surface area contributed by atoms with Gasteiger partial charge in [-0.3, -0.25) is 0 Å². The molecule has 2 aliphatic rings. The zero-order valence-electron chi connectivity index (χ0n) is 16.1. The number of nitrogens with zero attached hydrogens (tertiary/aromatic N) is 1. The summed E-state index contributed by atoms with van der Waals surface area (Å²) < 4.78 is 15.0. The fourth-order valence-electron chi connectivity index (χ4n) is 4.83. The van der Waals surface area contributed by atoms with Gasteiger partial charge in [-0.15, -0.1) is 0 Å². The van der Waals surface area contributed by atoms with E-state index in [2.05, 4.69) is 77.5 Å². The highest BCUT2D eigenvalue weighted by atomic mass is 16.5. The molecule has 0 spiro atoms. The fraction of sp³-hybridized carbons (Fsp3) is 0. The van der Waals surface area contributed by atoms with Crippen molar-refractivity contribution in [3.63, 3.8) is 0 Å². The Labute approximate surface area is 174 Å². The molecule has 0 fully saturated rings. The van der Waals surface area contributed by atoms with Gasteiger partial charge >= 0.3 is 0 Å². The van der Waals surface area contributed by atoms with Crippen LogP contribution in [-0.4, -0.2) is 11.3 Å². The van der Waals surface area contributed by atoms with E-state index < -0.39 is 0 Å². The van der Waals surface area contributed by atoms with Gasteiger partial charge in [0.05, 0.1) is 11.2 Å². The Hall–Kier alpha value is -3.92. The van der Waals surface area contributed by atoms with Gasteiger partial charge in [-0.2, -0.15) is 0 Å². The molecular formula is C26H16BNO2. The monoisotopic (exact) mass is 385 g/mol. The first-order valence-electron chi connectivity index (χ1n) is 10.1. The molecule has 0 amide bonds. The van der Waals surface area contributed by atoms with Gasteiger partial charge in [0.1, 0.15) is 23.0 Å².